The molecule has 2 atom stereocenters. The topological polar surface area (TPSA) is 147 Å². The van der Waals surface area contributed by atoms with Crippen LogP contribution in [-0.2, 0) is 25.8 Å². The molecule has 17 heteroatoms. The van der Waals surface area contributed by atoms with Crippen LogP contribution in [0.3, 0.4) is 0 Å². The lowest BCUT2D eigenvalue weighted by Crippen LogP contribution is -2.44. The maximum atomic E-state index is 13.2. The van der Waals surface area contributed by atoms with Crippen molar-refractivity contribution in [1.82, 2.24) is 4.98 Å². The summed E-state index contributed by atoms with van der Waals surface area (Å²) in [5.41, 5.74) is -7.76. The molecule has 1 aromatic heterocycles. The number of nitriles is 1. The zero-order valence-electron chi connectivity index (χ0n) is 24.8. The second-order valence-electron chi connectivity index (χ2n) is 11.2. The number of urea groups is 1. The van der Waals surface area contributed by atoms with Gasteiger partial charge in [0.2, 0.25) is 0 Å². The Labute approximate surface area is 264 Å². The Balaban J connectivity index is 1.67. The minimum Gasteiger partial charge on any atom is -0.469 e. The second kappa shape index (κ2) is 12.7. The van der Waals surface area contributed by atoms with Crippen LogP contribution in [0.25, 0.3) is 11.1 Å². The normalized spacial score (nSPS) is 17.5. The first-order valence-electron chi connectivity index (χ1n) is 13.6. The minimum absolute atomic E-state index is 0.0305. The van der Waals surface area contributed by atoms with Gasteiger partial charge in [-0.05, 0) is 59.7 Å². The number of anilines is 2. The lowest BCUT2D eigenvalue weighted by atomic mass is 9.52. The Kier molecular flexibility index (Phi) is 9.49. The van der Waals surface area contributed by atoms with Gasteiger partial charge >= 0.3 is 33.8 Å². The molecule has 0 spiro atoms. The molecule has 0 bridgehead atoms. The van der Waals surface area contributed by atoms with E-state index in [9.17, 15) is 49.6 Å². The molecule has 0 aliphatic heterocycles. The first-order valence-corrected chi connectivity index (χ1v) is 15.1. The summed E-state index contributed by atoms with van der Waals surface area (Å²) in [6.07, 6.45) is -4.22. The number of carbonyl (C=O) groups is 2. The van der Waals surface area contributed by atoms with E-state index in [-0.39, 0.29) is 40.5 Å². The molecule has 1 aliphatic carbocycles. The van der Waals surface area contributed by atoms with Gasteiger partial charge in [-0.15, -0.1) is 0 Å². The third-order valence-electron chi connectivity index (χ3n) is 7.96. The number of rotatable bonds is 8. The van der Waals surface area contributed by atoms with Crippen LogP contribution in [0.2, 0.25) is 0 Å². The Bertz CT molecular complexity index is 1840. The highest BCUT2D eigenvalue weighted by atomic mass is 32.2. The molecule has 1 fully saturated rings. The average molecular weight is 685 g/mol. The summed E-state index contributed by atoms with van der Waals surface area (Å²) in [7, 11) is -4.99. The van der Waals surface area contributed by atoms with Crippen molar-refractivity contribution in [3.8, 4) is 23.1 Å². The van der Waals surface area contributed by atoms with Crippen molar-refractivity contribution < 1.29 is 53.3 Å². The molecule has 1 saturated carbocycles. The van der Waals surface area contributed by atoms with E-state index >= 15 is 0 Å². The van der Waals surface area contributed by atoms with E-state index in [1.165, 1.54) is 43.5 Å². The van der Waals surface area contributed by atoms with Crippen LogP contribution in [0, 0.1) is 22.7 Å². The van der Waals surface area contributed by atoms with E-state index in [1.807, 2.05) is 0 Å². The van der Waals surface area contributed by atoms with Crippen LogP contribution in [0.5, 0.6) is 5.88 Å². The summed E-state index contributed by atoms with van der Waals surface area (Å²) >= 11 is 0. The molecule has 47 heavy (non-hydrogen) atoms. The number of hydrogen-bond acceptors (Lipinski definition) is 8. The number of benzene rings is 2. The molecule has 2 amide bonds. The summed E-state index contributed by atoms with van der Waals surface area (Å²) in [5.74, 6) is -2.24. The standard InChI is InChI=1S/C30H26F6N4O6S/c1-28(2)18(13-25(41)45-3)12-23(28)24-14-21(22(15-37)26(40-24)46-47(43,44)30(34,35)36)16-7-9-19(10-8-16)38-27(42)39-20-6-4-5-17(11-20)29(31,32)33/h4-11,14,18,23H,12-13H2,1-3H3,(H2,38,39,42). The fourth-order valence-electron chi connectivity index (χ4n) is 5.22. The largest absolute Gasteiger partial charge is 0.534 e. The maximum absolute atomic E-state index is 13.2. The smallest absolute Gasteiger partial charge is 0.469 e. The number of nitrogens with one attached hydrogen (secondary N) is 2. The number of alkyl halides is 6. The van der Waals surface area contributed by atoms with Crippen molar-refractivity contribution in [2.75, 3.05) is 17.7 Å². The number of nitrogens with zero attached hydrogens (tertiary/aromatic N) is 2. The minimum atomic E-state index is -6.22. The molecular formula is C30H26F6N4O6S. The number of halogens is 6. The molecule has 4 rings (SSSR count). The van der Waals surface area contributed by atoms with Crippen molar-refractivity contribution in [2.24, 2.45) is 11.3 Å². The predicted molar refractivity (Wildman–Crippen MR) is 155 cm³/mol. The lowest BCUT2D eigenvalue weighted by molar-refractivity contribution is -0.145. The highest BCUT2D eigenvalue weighted by Crippen LogP contribution is 2.58. The van der Waals surface area contributed by atoms with E-state index in [0.717, 1.165) is 18.2 Å². The Morgan fingerprint density at radius 2 is 1.66 bits per heavy atom. The first-order chi connectivity index (χ1) is 21.8. The summed E-state index contributed by atoms with van der Waals surface area (Å²) in [6, 6.07) is 11.5. The van der Waals surface area contributed by atoms with Crippen LogP contribution in [0.15, 0.2) is 54.6 Å². The van der Waals surface area contributed by atoms with E-state index in [2.05, 4.69) is 19.8 Å². The molecule has 3 aromatic rings. The van der Waals surface area contributed by atoms with Crippen molar-refractivity contribution in [2.45, 2.75) is 44.3 Å². The Morgan fingerprint density at radius 1 is 1.02 bits per heavy atom. The van der Waals surface area contributed by atoms with E-state index in [1.54, 1.807) is 19.9 Å². The summed E-state index contributed by atoms with van der Waals surface area (Å²) in [5, 5.41) is 14.6. The molecule has 1 heterocycles. The van der Waals surface area contributed by atoms with Gasteiger partial charge in [-0.25, -0.2) is 9.78 Å². The van der Waals surface area contributed by atoms with Crippen molar-refractivity contribution in [3.05, 3.63) is 71.4 Å². The maximum Gasteiger partial charge on any atom is 0.534 e. The first kappa shape index (κ1) is 35.0. The highest BCUT2D eigenvalue weighted by molar-refractivity contribution is 7.88. The lowest BCUT2D eigenvalue weighted by Gasteiger charge is -2.51. The van der Waals surface area contributed by atoms with E-state index in [4.69, 9.17) is 4.74 Å². The second-order valence-corrected chi connectivity index (χ2v) is 12.7. The van der Waals surface area contributed by atoms with Gasteiger partial charge in [0.25, 0.3) is 5.88 Å². The third-order valence-corrected chi connectivity index (χ3v) is 8.90. The fourth-order valence-corrected chi connectivity index (χ4v) is 5.64. The van der Waals surface area contributed by atoms with Gasteiger partial charge in [0, 0.05) is 35.0 Å². The monoisotopic (exact) mass is 684 g/mol. The zero-order chi connectivity index (χ0) is 34.9. The van der Waals surface area contributed by atoms with Crippen LogP contribution >= 0.6 is 0 Å². The summed E-state index contributed by atoms with van der Waals surface area (Å²) in [4.78, 5) is 28.3. The van der Waals surface area contributed by atoms with Gasteiger partial charge in [-0.1, -0.05) is 32.0 Å². The number of carbonyl (C=O) groups excluding carboxylic acids is 2. The number of aromatic nitrogens is 1. The van der Waals surface area contributed by atoms with E-state index < -0.39 is 62.1 Å². The molecule has 0 radical (unpaired) electrons. The molecule has 2 aromatic carbocycles. The number of pyridine rings is 1. The molecular weight excluding hydrogens is 658 g/mol. The highest BCUT2D eigenvalue weighted by Gasteiger charge is 2.52. The Hall–Kier alpha value is -4.85. The molecule has 250 valence electrons. The fraction of sp³-hybridized carbons (Fsp3) is 0.333. The van der Waals surface area contributed by atoms with Gasteiger partial charge in [-0.3, -0.25) is 4.79 Å². The van der Waals surface area contributed by atoms with Crippen molar-refractivity contribution >= 4 is 33.5 Å². The zero-order valence-corrected chi connectivity index (χ0v) is 25.6. The quantitative estimate of drug-likeness (QED) is 0.110. The molecule has 2 N–H and O–H groups in total. The number of hydrogen-bond donors (Lipinski definition) is 2. The Morgan fingerprint density at radius 3 is 2.21 bits per heavy atom. The third kappa shape index (κ3) is 7.59. The van der Waals surface area contributed by atoms with Gasteiger partial charge in [0.1, 0.15) is 11.6 Å². The molecule has 0 saturated heterocycles. The van der Waals surface area contributed by atoms with Crippen molar-refractivity contribution in [1.29, 1.82) is 5.26 Å². The van der Waals surface area contributed by atoms with Crippen molar-refractivity contribution in [3.63, 3.8) is 0 Å². The molecule has 1 aliphatic rings. The summed E-state index contributed by atoms with van der Waals surface area (Å²) in [6.45, 7) is 3.60. The van der Waals surface area contributed by atoms with Gasteiger partial charge in [0.15, 0.2) is 0 Å². The van der Waals surface area contributed by atoms with Gasteiger partial charge in [-0.2, -0.15) is 40.0 Å². The SMILES string of the molecule is COC(=O)CC1CC(c2cc(-c3ccc(NC(=O)Nc4cccc(C(F)(F)F)c4)cc3)c(C#N)c(OS(=O)(=O)C(F)(F)F)n2)C1(C)C. The van der Waals surface area contributed by atoms with Crippen LogP contribution in [0.4, 0.5) is 42.5 Å². The van der Waals surface area contributed by atoms with Crippen LogP contribution in [-0.4, -0.2) is 38.0 Å². The number of esters is 1. The molecule has 10 nitrogen and oxygen atoms in total. The number of amides is 2. The number of ether oxygens (including phenoxy) is 1. The van der Waals surface area contributed by atoms with Crippen LogP contribution in [0.1, 0.15) is 49.4 Å². The van der Waals surface area contributed by atoms with Gasteiger partial charge in [0.05, 0.1) is 12.7 Å². The van der Waals surface area contributed by atoms with Crippen LogP contribution < -0.4 is 14.8 Å². The summed E-state index contributed by atoms with van der Waals surface area (Å²) < 4.78 is 112. The van der Waals surface area contributed by atoms with E-state index in [0.29, 0.717) is 6.42 Å². The predicted octanol–water partition coefficient (Wildman–Crippen LogP) is 7.20. The van der Waals surface area contributed by atoms with Gasteiger partial charge < -0.3 is 19.6 Å². The molecule has 2 unspecified atom stereocenters. The number of methoxy groups -OCH3 is 1. The average Bonchev–Trinajstić information content (AvgIpc) is 2.97.